The molecule has 0 aliphatic heterocycles. The van der Waals surface area contributed by atoms with Gasteiger partial charge in [-0.2, -0.15) is 0 Å². The fourth-order valence-electron chi connectivity index (χ4n) is 2.19. The summed E-state index contributed by atoms with van der Waals surface area (Å²) in [6.07, 6.45) is 0. The van der Waals surface area contributed by atoms with Crippen LogP contribution in [-0.2, 0) is 0 Å². The summed E-state index contributed by atoms with van der Waals surface area (Å²) in [6, 6.07) is 4.74. The van der Waals surface area contributed by atoms with Crippen molar-refractivity contribution in [2.75, 3.05) is 18.9 Å². The predicted octanol–water partition coefficient (Wildman–Crippen LogP) is 3.14. The molecular formula is C15H23N3O3. The first-order chi connectivity index (χ1) is 9.79. The van der Waals surface area contributed by atoms with Crippen LogP contribution >= 0.6 is 0 Å². The van der Waals surface area contributed by atoms with Crippen molar-refractivity contribution in [3.63, 3.8) is 0 Å². The van der Waals surface area contributed by atoms with Gasteiger partial charge in [0.2, 0.25) is 0 Å². The number of nitrogens with one attached hydrogen (secondary N) is 1. The Morgan fingerprint density at radius 3 is 2.38 bits per heavy atom. The lowest BCUT2D eigenvalue weighted by atomic mass is 10.1. The van der Waals surface area contributed by atoms with Gasteiger partial charge in [0, 0.05) is 19.6 Å². The average molecular weight is 293 g/mol. The topological polar surface area (TPSA) is 75.5 Å². The van der Waals surface area contributed by atoms with Crippen molar-refractivity contribution in [3.05, 3.63) is 33.9 Å². The maximum Gasteiger partial charge on any atom is 0.305 e. The molecule has 0 aliphatic carbocycles. The van der Waals surface area contributed by atoms with Gasteiger partial charge in [0.05, 0.1) is 4.92 Å². The highest BCUT2D eigenvalue weighted by atomic mass is 16.6. The molecule has 21 heavy (non-hydrogen) atoms. The van der Waals surface area contributed by atoms with Crippen LogP contribution in [0.4, 0.5) is 11.4 Å². The summed E-state index contributed by atoms with van der Waals surface area (Å²) in [5.74, 6) is -0.00890. The molecule has 0 saturated carbocycles. The quantitative estimate of drug-likeness (QED) is 0.645. The first-order valence-corrected chi connectivity index (χ1v) is 7.05. The van der Waals surface area contributed by atoms with E-state index in [1.165, 1.54) is 6.07 Å². The molecule has 1 rings (SSSR count). The lowest BCUT2D eigenvalue weighted by Gasteiger charge is -2.28. The maximum atomic E-state index is 12.7. The number of nitrogens with zero attached hydrogens (tertiary/aromatic N) is 2. The van der Waals surface area contributed by atoms with E-state index >= 15 is 0 Å². The highest BCUT2D eigenvalue weighted by Crippen LogP contribution is 2.29. The van der Waals surface area contributed by atoms with Crippen molar-refractivity contribution in [2.45, 2.75) is 33.7 Å². The van der Waals surface area contributed by atoms with Gasteiger partial charge in [0.15, 0.2) is 0 Å². The Kier molecular flexibility index (Phi) is 5.69. The molecule has 0 saturated heterocycles. The van der Waals surface area contributed by atoms with Crippen LogP contribution in [-0.4, -0.2) is 35.4 Å². The third-order valence-corrected chi connectivity index (χ3v) is 3.16. The fraction of sp³-hybridized carbons (Fsp3) is 0.533. The van der Waals surface area contributed by atoms with Gasteiger partial charge in [-0.05, 0) is 31.9 Å². The zero-order valence-electron chi connectivity index (χ0n) is 13.2. The second-order valence-electron chi connectivity index (χ2n) is 5.65. The van der Waals surface area contributed by atoms with Gasteiger partial charge in [-0.15, -0.1) is 0 Å². The molecule has 116 valence electrons. The molecule has 0 fully saturated rings. The van der Waals surface area contributed by atoms with E-state index in [1.807, 2.05) is 27.7 Å². The van der Waals surface area contributed by atoms with Gasteiger partial charge in [-0.1, -0.05) is 19.9 Å². The SMILES string of the molecule is CNc1cccc(C(=O)N(CC(C)C)C(C)C)c1[N+](=O)[O-]. The van der Waals surface area contributed by atoms with Crippen molar-refractivity contribution in [2.24, 2.45) is 5.92 Å². The van der Waals surface area contributed by atoms with Crippen LogP contribution in [0.1, 0.15) is 38.1 Å². The summed E-state index contributed by atoms with van der Waals surface area (Å²) in [7, 11) is 1.60. The van der Waals surface area contributed by atoms with Crippen LogP contribution in [0.2, 0.25) is 0 Å². The molecule has 0 unspecified atom stereocenters. The number of rotatable bonds is 6. The van der Waals surface area contributed by atoms with E-state index in [1.54, 1.807) is 24.1 Å². The zero-order chi connectivity index (χ0) is 16.2. The van der Waals surface area contributed by atoms with Gasteiger partial charge in [-0.25, -0.2) is 0 Å². The standard InChI is InChI=1S/C15H23N3O3/c1-10(2)9-17(11(3)4)15(19)12-7-6-8-13(16-5)14(12)18(20)21/h6-8,10-11,16H,9H2,1-5H3. The molecule has 0 aromatic heterocycles. The third-order valence-electron chi connectivity index (χ3n) is 3.16. The van der Waals surface area contributed by atoms with Gasteiger partial charge in [0.25, 0.3) is 5.91 Å². The first kappa shape index (κ1) is 16.9. The Bertz CT molecular complexity index is 527. The molecule has 0 aliphatic rings. The van der Waals surface area contributed by atoms with Crippen LogP contribution < -0.4 is 5.32 Å². The number of hydrogen-bond acceptors (Lipinski definition) is 4. The average Bonchev–Trinajstić information content (AvgIpc) is 2.42. The number of benzene rings is 1. The Morgan fingerprint density at radius 1 is 1.33 bits per heavy atom. The lowest BCUT2D eigenvalue weighted by Crippen LogP contribution is -2.39. The number of carbonyl (C=O) groups is 1. The number of nitro groups is 1. The highest BCUT2D eigenvalue weighted by molar-refractivity contribution is 6.00. The van der Waals surface area contributed by atoms with E-state index in [-0.39, 0.29) is 23.2 Å². The van der Waals surface area contributed by atoms with Crippen molar-refractivity contribution in [1.29, 1.82) is 0 Å². The van der Waals surface area contributed by atoms with Crippen molar-refractivity contribution in [3.8, 4) is 0 Å². The van der Waals surface area contributed by atoms with Gasteiger partial charge >= 0.3 is 5.69 Å². The molecule has 0 spiro atoms. The number of carbonyl (C=O) groups excluding carboxylic acids is 1. The number of hydrogen-bond donors (Lipinski definition) is 1. The number of nitro benzene ring substituents is 1. The van der Waals surface area contributed by atoms with Gasteiger partial charge in [-0.3, -0.25) is 14.9 Å². The van der Waals surface area contributed by atoms with Crippen molar-refractivity contribution in [1.82, 2.24) is 4.90 Å². The van der Waals surface area contributed by atoms with Crippen LogP contribution in [0.3, 0.4) is 0 Å². The third kappa shape index (κ3) is 3.93. The Morgan fingerprint density at radius 2 is 1.95 bits per heavy atom. The number of para-hydroxylation sites is 1. The number of amides is 1. The molecule has 0 bridgehead atoms. The van der Waals surface area contributed by atoms with E-state index < -0.39 is 4.92 Å². The van der Waals surface area contributed by atoms with Crippen LogP contribution in [0.25, 0.3) is 0 Å². The molecular weight excluding hydrogens is 270 g/mol. The molecule has 6 heteroatoms. The second kappa shape index (κ2) is 7.06. The van der Waals surface area contributed by atoms with Gasteiger partial charge < -0.3 is 10.2 Å². The minimum atomic E-state index is -0.507. The van der Waals surface area contributed by atoms with Crippen LogP contribution in [0.15, 0.2) is 18.2 Å². The van der Waals surface area contributed by atoms with Crippen molar-refractivity contribution >= 4 is 17.3 Å². The summed E-state index contributed by atoms with van der Waals surface area (Å²) in [5.41, 5.74) is 0.305. The molecule has 1 amide bonds. The zero-order valence-corrected chi connectivity index (χ0v) is 13.2. The maximum absolute atomic E-state index is 12.7. The first-order valence-electron chi connectivity index (χ1n) is 7.05. The predicted molar refractivity (Wildman–Crippen MR) is 83.7 cm³/mol. The van der Waals surface area contributed by atoms with E-state index in [9.17, 15) is 14.9 Å². The summed E-state index contributed by atoms with van der Waals surface area (Å²) in [6.45, 7) is 8.42. The van der Waals surface area contributed by atoms with E-state index in [4.69, 9.17) is 0 Å². The Hall–Kier alpha value is -2.11. The minimum absolute atomic E-state index is 0.0160. The van der Waals surface area contributed by atoms with Crippen LogP contribution in [0.5, 0.6) is 0 Å². The van der Waals surface area contributed by atoms with Crippen molar-refractivity contribution < 1.29 is 9.72 Å². The summed E-state index contributed by atoms with van der Waals surface area (Å²) in [5, 5.41) is 14.1. The molecule has 1 N–H and O–H groups in total. The molecule has 0 heterocycles. The largest absolute Gasteiger partial charge is 0.383 e. The number of anilines is 1. The fourth-order valence-corrected chi connectivity index (χ4v) is 2.19. The highest BCUT2D eigenvalue weighted by Gasteiger charge is 2.28. The molecule has 0 atom stereocenters. The lowest BCUT2D eigenvalue weighted by molar-refractivity contribution is -0.384. The monoisotopic (exact) mass is 293 g/mol. The summed E-state index contributed by atoms with van der Waals surface area (Å²) >= 11 is 0. The molecule has 6 nitrogen and oxygen atoms in total. The Labute approximate surface area is 125 Å². The van der Waals surface area contributed by atoms with E-state index in [0.29, 0.717) is 18.2 Å². The normalized spacial score (nSPS) is 10.8. The van der Waals surface area contributed by atoms with Gasteiger partial charge in [0.1, 0.15) is 11.3 Å². The minimum Gasteiger partial charge on any atom is -0.383 e. The summed E-state index contributed by atoms with van der Waals surface area (Å²) < 4.78 is 0. The van der Waals surface area contributed by atoms with E-state index in [2.05, 4.69) is 5.32 Å². The molecule has 0 radical (unpaired) electrons. The summed E-state index contributed by atoms with van der Waals surface area (Å²) in [4.78, 5) is 25.2. The second-order valence-corrected chi connectivity index (χ2v) is 5.65. The smallest absolute Gasteiger partial charge is 0.305 e. The van der Waals surface area contributed by atoms with E-state index in [0.717, 1.165) is 0 Å². The van der Waals surface area contributed by atoms with Crippen LogP contribution in [0, 0.1) is 16.0 Å². The Balaban J connectivity index is 3.31. The molecule has 1 aromatic rings. The molecule has 1 aromatic carbocycles.